The van der Waals surface area contributed by atoms with E-state index in [1.165, 1.54) is 18.6 Å². The van der Waals surface area contributed by atoms with Gasteiger partial charge in [0.2, 0.25) is 15.9 Å². The Morgan fingerprint density at radius 3 is 2.57 bits per heavy atom. The number of esters is 1. The Bertz CT molecular complexity index is 609. The molecule has 1 aromatic rings. The second kappa shape index (κ2) is 7.53. The number of hydrogen-bond acceptors (Lipinski definition) is 6. The molecule has 1 amide bonds. The van der Waals surface area contributed by atoms with E-state index in [2.05, 4.69) is 10.1 Å². The van der Waals surface area contributed by atoms with Gasteiger partial charge < -0.3 is 10.1 Å². The monoisotopic (exact) mass is 334 g/mol. The van der Waals surface area contributed by atoms with Gasteiger partial charge in [-0.25, -0.2) is 13.2 Å². The molecule has 0 unspecified atom stereocenters. The van der Waals surface area contributed by atoms with E-state index in [4.69, 9.17) is 0 Å². The van der Waals surface area contributed by atoms with E-state index in [1.54, 1.807) is 13.8 Å². The zero-order chi connectivity index (χ0) is 16.0. The smallest absolute Gasteiger partial charge is 0.349 e. The number of hydrogen-bond donors (Lipinski definition) is 1. The first-order chi connectivity index (χ1) is 9.88. The van der Waals surface area contributed by atoms with Crippen LogP contribution in [-0.4, -0.2) is 51.3 Å². The molecule has 0 fully saturated rings. The molecule has 118 valence electrons. The van der Waals surface area contributed by atoms with Crippen molar-refractivity contribution in [3.63, 3.8) is 0 Å². The summed E-state index contributed by atoms with van der Waals surface area (Å²) in [6.07, 6.45) is 0. The molecule has 0 bridgehead atoms. The Labute approximate surface area is 127 Å². The summed E-state index contributed by atoms with van der Waals surface area (Å²) in [5.74, 6) is -1.10. The van der Waals surface area contributed by atoms with Crippen molar-refractivity contribution >= 4 is 33.2 Å². The lowest BCUT2D eigenvalue weighted by Gasteiger charge is -2.19. The molecule has 0 spiro atoms. The van der Waals surface area contributed by atoms with E-state index in [0.717, 1.165) is 15.6 Å². The summed E-state index contributed by atoms with van der Waals surface area (Å²) < 4.78 is 30.7. The number of sulfonamides is 1. The Morgan fingerprint density at radius 1 is 1.38 bits per heavy atom. The molecule has 1 rings (SSSR count). The third kappa shape index (κ3) is 4.02. The number of rotatable bonds is 7. The molecule has 0 saturated heterocycles. The van der Waals surface area contributed by atoms with Crippen LogP contribution in [0, 0.1) is 0 Å². The third-order valence-corrected chi connectivity index (χ3v) is 5.65. The van der Waals surface area contributed by atoms with Gasteiger partial charge in [0.05, 0.1) is 13.7 Å². The molecule has 21 heavy (non-hydrogen) atoms. The van der Waals surface area contributed by atoms with Crippen LogP contribution < -0.4 is 5.32 Å². The Kier molecular flexibility index (Phi) is 6.31. The van der Waals surface area contributed by atoms with Gasteiger partial charge in [0.1, 0.15) is 9.77 Å². The summed E-state index contributed by atoms with van der Waals surface area (Å²) in [4.78, 5) is 23.1. The minimum absolute atomic E-state index is 0.00634. The maximum atomic E-state index is 12.6. The summed E-state index contributed by atoms with van der Waals surface area (Å²) in [7, 11) is -2.74. The van der Waals surface area contributed by atoms with E-state index < -0.39 is 21.9 Å². The Hall–Kier alpha value is -1.45. The van der Waals surface area contributed by atoms with Gasteiger partial charge in [-0.2, -0.15) is 4.31 Å². The molecule has 0 aliphatic heterocycles. The van der Waals surface area contributed by atoms with Crippen molar-refractivity contribution in [1.29, 1.82) is 0 Å². The Morgan fingerprint density at radius 2 is 2.05 bits per heavy atom. The minimum Gasteiger partial charge on any atom is -0.465 e. The lowest BCUT2D eigenvalue weighted by Crippen LogP contribution is -2.40. The summed E-state index contributed by atoms with van der Waals surface area (Å²) in [5, 5.41) is 4.04. The highest BCUT2D eigenvalue weighted by Gasteiger charge is 2.30. The fourth-order valence-corrected chi connectivity index (χ4v) is 4.37. The molecule has 1 heterocycles. The van der Waals surface area contributed by atoms with Crippen molar-refractivity contribution in [1.82, 2.24) is 9.62 Å². The number of carbonyl (C=O) groups excluding carboxylic acids is 2. The van der Waals surface area contributed by atoms with Crippen LogP contribution in [0.3, 0.4) is 0 Å². The van der Waals surface area contributed by atoms with Crippen LogP contribution in [-0.2, 0) is 19.6 Å². The van der Waals surface area contributed by atoms with E-state index >= 15 is 0 Å². The van der Waals surface area contributed by atoms with Crippen LogP contribution in [0.4, 0.5) is 0 Å². The number of likely N-dealkylation sites (N-methyl/N-ethyl adjacent to an activating group) is 2. The number of nitrogens with zero attached hydrogens (tertiary/aromatic N) is 1. The first-order valence-electron chi connectivity index (χ1n) is 6.31. The molecule has 0 aliphatic rings. The SMILES string of the molecule is CCNC(=O)CN(CC)S(=O)(=O)c1ccsc1C(=O)OC. The largest absolute Gasteiger partial charge is 0.465 e. The summed E-state index contributed by atoms with van der Waals surface area (Å²) in [6, 6.07) is 1.34. The molecule has 1 N–H and O–H groups in total. The maximum Gasteiger partial charge on any atom is 0.349 e. The van der Waals surface area contributed by atoms with E-state index in [9.17, 15) is 18.0 Å². The fourth-order valence-electron chi connectivity index (χ4n) is 1.66. The normalized spacial score (nSPS) is 11.4. The fraction of sp³-hybridized carbons (Fsp3) is 0.500. The van der Waals surface area contributed by atoms with Crippen molar-refractivity contribution in [3.8, 4) is 0 Å². The zero-order valence-corrected chi connectivity index (χ0v) is 13.7. The highest BCUT2D eigenvalue weighted by molar-refractivity contribution is 7.89. The van der Waals surface area contributed by atoms with Crippen LogP contribution >= 0.6 is 11.3 Å². The molecule has 1 aromatic heterocycles. The van der Waals surface area contributed by atoms with Crippen LogP contribution in [0.15, 0.2) is 16.3 Å². The molecule has 7 nitrogen and oxygen atoms in total. The van der Waals surface area contributed by atoms with Crippen LogP contribution in [0.1, 0.15) is 23.5 Å². The summed E-state index contributed by atoms with van der Waals surface area (Å²) in [6.45, 7) is 3.62. The highest BCUT2D eigenvalue weighted by Crippen LogP contribution is 2.25. The molecule has 0 aromatic carbocycles. The van der Waals surface area contributed by atoms with Crippen LogP contribution in [0.5, 0.6) is 0 Å². The Balaban J connectivity index is 3.11. The maximum absolute atomic E-state index is 12.6. The van der Waals surface area contributed by atoms with Crippen molar-refractivity contribution in [3.05, 3.63) is 16.3 Å². The average Bonchev–Trinajstić information content (AvgIpc) is 2.94. The standard InChI is InChI=1S/C12H18N2O5S2/c1-4-13-10(15)8-14(5-2)21(17,18)9-6-7-20-11(9)12(16)19-3/h6-7H,4-5,8H2,1-3H3,(H,13,15). The second-order valence-electron chi connectivity index (χ2n) is 3.99. The highest BCUT2D eigenvalue weighted by atomic mass is 32.2. The predicted molar refractivity (Wildman–Crippen MR) is 78.8 cm³/mol. The van der Waals surface area contributed by atoms with Crippen molar-refractivity contribution in [2.24, 2.45) is 0 Å². The van der Waals surface area contributed by atoms with Gasteiger partial charge in [-0.3, -0.25) is 4.79 Å². The number of nitrogens with one attached hydrogen (secondary N) is 1. The van der Waals surface area contributed by atoms with Crippen molar-refractivity contribution < 1.29 is 22.7 Å². The minimum atomic E-state index is -3.92. The lowest BCUT2D eigenvalue weighted by molar-refractivity contribution is -0.121. The van der Waals surface area contributed by atoms with Crippen LogP contribution in [0.2, 0.25) is 0 Å². The number of thiophene rings is 1. The molecule has 0 atom stereocenters. The van der Waals surface area contributed by atoms with E-state index in [-0.39, 0.29) is 22.9 Å². The first-order valence-corrected chi connectivity index (χ1v) is 8.63. The molecule has 9 heteroatoms. The van der Waals surface area contributed by atoms with E-state index in [1.807, 2.05) is 0 Å². The summed E-state index contributed by atoms with van der Waals surface area (Å²) >= 11 is 0.985. The quantitative estimate of drug-likeness (QED) is 0.740. The molecular weight excluding hydrogens is 316 g/mol. The molecule has 0 radical (unpaired) electrons. The number of amides is 1. The predicted octanol–water partition coefficient (Wildman–Crippen LogP) is 0.681. The first kappa shape index (κ1) is 17.6. The van der Waals surface area contributed by atoms with Crippen molar-refractivity contribution in [2.75, 3.05) is 26.7 Å². The third-order valence-electron chi connectivity index (χ3n) is 2.66. The number of ether oxygens (including phenoxy) is 1. The number of carbonyl (C=O) groups is 2. The van der Waals surface area contributed by atoms with Gasteiger partial charge in [0.15, 0.2) is 0 Å². The zero-order valence-electron chi connectivity index (χ0n) is 12.1. The van der Waals surface area contributed by atoms with Crippen LogP contribution in [0.25, 0.3) is 0 Å². The summed E-state index contributed by atoms with van der Waals surface area (Å²) in [5.41, 5.74) is 0. The van der Waals surface area contributed by atoms with Gasteiger partial charge >= 0.3 is 5.97 Å². The molecular formula is C12H18N2O5S2. The number of methoxy groups -OCH3 is 1. The van der Waals surface area contributed by atoms with Crippen molar-refractivity contribution in [2.45, 2.75) is 18.7 Å². The van der Waals surface area contributed by atoms with Gasteiger partial charge in [-0.15, -0.1) is 11.3 Å². The molecule has 0 saturated carbocycles. The average molecular weight is 334 g/mol. The molecule has 0 aliphatic carbocycles. The van der Waals surface area contributed by atoms with Gasteiger partial charge in [0.25, 0.3) is 0 Å². The van der Waals surface area contributed by atoms with Gasteiger partial charge in [-0.05, 0) is 18.4 Å². The topological polar surface area (TPSA) is 92.8 Å². The van der Waals surface area contributed by atoms with E-state index in [0.29, 0.717) is 6.54 Å². The van der Waals surface area contributed by atoms with Gasteiger partial charge in [0, 0.05) is 13.1 Å². The lowest BCUT2D eigenvalue weighted by atomic mass is 10.5. The second-order valence-corrected chi connectivity index (χ2v) is 6.81. The van der Waals surface area contributed by atoms with Gasteiger partial charge in [-0.1, -0.05) is 6.92 Å².